The number of ether oxygens (including phenoxy) is 2. The minimum absolute atomic E-state index is 0.0285. The number of carbonyl (C=O) groups excluding carboxylic acids is 1. The van der Waals surface area contributed by atoms with Gasteiger partial charge in [-0.3, -0.25) is 4.79 Å². The van der Waals surface area contributed by atoms with Crippen molar-refractivity contribution in [1.82, 2.24) is 5.32 Å². The molecule has 0 saturated carbocycles. The molecule has 0 unspecified atom stereocenters. The Morgan fingerprint density at radius 2 is 2.10 bits per heavy atom. The van der Waals surface area contributed by atoms with Crippen molar-refractivity contribution >= 4 is 5.91 Å². The first kappa shape index (κ1) is 14.8. The van der Waals surface area contributed by atoms with Gasteiger partial charge in [-0.05, 0) is 30.7 Å². The van der Waals surface area contributed by atoms with Crippen LogP contribution in [0.3, 0.4) is 0 Å². The maximum Gasteiger partial charge on any atom is 0.220 e. The van der Waals surface area contributed by atoms with Gasteiger partial charge in [0.05, 0.1) is 19.8 Å². The summed E-state index contributed by atoms with van der Waals surface area (Å²) in [4.78, 5) is 11.6. The first-order valence-corrected chi connectivity index (χ1v) is 6.80. The van der Waals surface area contributed by atoms with Gasteiger partial charge in [0.25, 0.3) is 0 Å². The van der Waals surface area contributed by atoms with Gasteiger partial charge in [0, 0.05) is 18.4 Å². The molecule has 0 aliphatic carbocycles. The van der Waals surface area contributed by atoms with Gasteiger partial charge in [0.2, 0.25) is 5.91 Å². The first-order valence-electron chi connectivity index (χ1n) is 6.80. The molecule has 1 aliphatic heterocycles. The zero-order valence-electron chi connectivity index (χ0n) is 11.7. The molecule has 1 amide bonds. The van der Waals surface area contributed by atoms with Gasteiger partial charge in [0.1, 0.15) is 11.6 Å². The first-order chi connectivity index (χ1) is 9.57. The van der Waals surface area contributed by atoms with Crippen LogP contribution in [-0.4, -0.2) is 32.3 Å². The van der Waals surface area contributed by atoms with E-state index in [4.69, 9.17) is 9.47 Å². The summed E-state index contributed by atoms with van der Waals surface area (Å²) >= 11 is 0. The van der Waals surface area contributed by atoms with Crippen molar-refractivity contribution in [2.24, 2.45) is 5.41 Å². The molecule has 5 heteroatoms. The highest BCUT2D eigenvalue weighted by molar-refractivity contribution is 5.75. The Bertz CT molecular complexity index is 443. The fourth-order valence-corrected chi connectivity index (χ4v) is 1.91. The van der Waals surface area contributed by atoms with Gasteiger partial charge in [-0.15, -0.1) is 0 Å². The number of nitrogens with one attached hydrogen (secondary N) is 1. The summed E-state index contributed by atoms with van der Waals surface area (Å²) in [5, 5.41) is 2.91. The molecule has 1 N–H and O–H groups in total. The molecule has 1 aliphatic rings. The van der Waals surface area contributed by atoms with Crippen molar-refractivity contribution in [3.05, 3.63) is 30.1 Å². The third-order valence-corrected chi connectivity index (χ3v) is 3.24. The third kappa shape index (κ3) is 4.49. The van der Waals surface area contributed by atoms with Gasteiger partial charge in [-0.1, -0.05) is 6.92 Å². The average Bonchev–Trinajstić information content (AvgIpc) is 2.41. The zero-order chi connectivity index (χ0) is 14.4. The summed E-state index contributed by atoms with van der Waals surface area (Å²) in [6, 6.07) is 5.85. The predicted molar refractivity (Wildman–Crippen MR) is 73.1 cm³/mol. The van der Waals surface area contributed by atoms with Crippen LogP contribution in [0, 0.1) is 11.2 Å². The summed E-state index contributed by atoms with van der Waals surface area (Å²) in [5.74, 6) is 0.358. The number of halogens is 1. The lowest BCUT2D eigenvalue weighted by Gasteiger charge is -2.38. The largest absolute Gasteiger partial charge is 0.494 e. The molecule has 0 atom stereocenters. The van der Waals surface area contributed by atoms with E-state index in [1.54, 1.807) is 12.1 Å². The summed E-state index contributed by atoms with van der Waals surface area (Å²) in [6.07, 6.45) is 1.06. The molecule has 0 bridgehead atoms. The van der Waals surface area contributed by atoms with E-state index in [0.717, 1.165) is 0 Å². The second-order valence-electron chi connectivity index (χ2n) is 5.49. The minimum atomic E-state index is -0.287. The Labute approximate surface area is 118 Å². The highest BCUT2D eigenvalue weighted by Crippen LogP contribution is 2.25. The number of benzene rings is 1. The number of hydrogen-bond donors (Lipinski definition) is 1. The number of hydrogen-bond acceptors (Lipinski definition) is 3. The number of rotatable bonds is 7. The Kier molecular flexibility index (Phi) is 4.95. The lowest BCUT2D eigenvalue weighted by Crippen LogP contribution is -2.48. The molecule has 110 valence electrons. The van der Waals surface area contributed by atoms with Gasteiger partial charge in [-0.2, -0.15) is 0 Å². The van der Waals surface area contributed by atoms with Crippen LogP contribution in [0.1, 0.15) is 19.8 Å². The Morgan fingerprint density at radius 3 is 2.70 bits per heavy atom. The van der Waals surface area contributed by atoms with Crippen LogP contribution in [0.4, 0.5) is 4.39 Å². The predicted octanol–water partition coefficient (Wildman–Crippen LogP) is 2.14. The molecular formula is C15H20FNO3. The van der Waals surface area contributed by atoms with Gasteiger partial charge < -0.3 is 14.8 Å². The average molecular weight is 281 g/mol. The van der Waals surface area contributed by atoms with E-state index in [9.17, 15) is 9.18 Å². The van der Waals surface area contributed by atoms with Crippen LogP contribution in [-0.2, 0) is 9.53 Å². The third-order valence-electron chi connectivity index (χ3n) is 3.24. The molecule has 4 nitrogen and oxygen atoms in total. The topological polar surface area (TPSA) is 47.6 Å². The molecule has 0 aromatic heterocycles. The van der Waals surface area contributed by atoms with Crippen molar-refractivity contribution in [3.63, 3.8) is 0 Å². The molecule has 1 fully saturated rings. The highest BCUT2D eigenvalue weighted by atomic mass is 19.1. The summed E-state index contributed by atoms with van der Waals surface area (Å²) < 4.78 is 23.2. The van der Waals surface area contributed by atoms with E-state index in [-0.39, 0.29) is 17.1 Å². The lowest BCUT2D eigenvalue weighted by atomic mass is 9.89. The van der Waals surface area contributed by atoms with Crippen LogP contribution in [0.15, 0.2) is 24.3 Å². The fourth-order valence-electron chi connectivity index (χ4n) is 1.91. The van der Waals surface area contributed by atoms with Crippen LogP contribution in [0.5, 0.6) is 5.75 Å². The normalized spacial score (nSPS) is 16.3. The smallest absolute Gasteiger partial charge is 0.220 e. The Balaban J connectivity index is 1.56. The lowest BCUT2D eigenvalue weighted by molar-refractivity contribution is -0.127. The SMILES string of the molecule is CC1(CNC(=O)CCCOc2ccc(F)cc2)COC1. The Morgan fingerprint density at radius 1 is 1.40 bits per heavy atom. The van der Waals surface area contributed by atoms with Crippen molar-refractivity contribution in [3.8, 4) is 5.75 Å². The second-order valence-corrected chi connectivity index (χ2v) is 5.49. The zero-order valence-corrected chi connectivity index (χ0v) is 11.7. The molecule has 1 aromatic rings. The van der Waals surface area contributed by atoms with E-state index in [0.29, 0.717) is 45.0 Å². The quantitative estimate of drug-likeness (QED) is 0.779. The van der Waals surface area contributed by atoms with Crippen LogP contribution < -0.4 is 10.1 Å². The van der Waals surface area contributed by atoms with Gasteiger partial charge in [-0.25, -0.2) is 4.39 Å². The molecule has 0 radical (unpaired) electrons. The van der Waals surface area contributed by atoms with Crippen LogP contribution in [0.2, 0.25) is 0 Å². The number of amides is 1. The van der Waals surface area contributed by atoms with E-state index in [1.165, 1.54) is 12.1 Å². The Hall–Kier alpha value is -1.62. The summed E-state index contributed by atoms with van der Waals surface area (Å²) in [5.41, 5.74) is 0.0975. The van der Waals surface area contributed by atoms with Crippen LogP contribution in [0.25, 0.3) is 0 Å². The molecule has 2 rings (SSSR count). The highest BCUT2D eigenvalue weighted by Gasteiger charge is 2.33. The van der Waals surface area contributed by atoms with E-state index in [1.807, 2.05) is 0 Å². The van der Waals surface area contributed by atoms with Crippen molar-refractivity contribution in [1.29, 1.82) is 0 Å². The molecule has 0 spiro atoms. The standard InChI is InChI=1S/C15H20FNO3/c1-15(10-19-11-15)9-17-14(18)3-2-8-20-13-6-4-12(16)5-7-13/h4-7H,2-3,8-11H2,1H3,(H,17,18). The van der Waals surface area contributed by atoms with E-state index < -0.39 is 0 Å². The van der Waals surface area contributed by atoms with Crippen molar-refractivity contribution in [2.75, 3.05) is 26.4 Å². The number of carbonyl (C=O) groups is 1. The monoisotopic (exact) mass is 281 g/mol. The molecular weight excluding hydrogens is 261 g/mol. The van der Waals surface area contributed by atoms with E-state index >= 15 is 0 Å². The van der Waals surface area contributed by atoms with Gasteiger partial charge >= 0.3 is 0 Å². The van der Waals surface area contributed by atoms with Crippen molar-refractivity contribution in [2.45, 2.75) is 19.8 Å². The summed E-state index contributed by atoms with van der Waals surface area (Å²) in [7, 11) is 0. The van der Waals surface area contributed by atoms with Gasteiger partial charge in [0.15, 0.2) is 0 Å². The summed E-state index contributed by atoms with van der Waals surface area (Å²) in [6.45, 7) is 4.61. The molecule has 1 saturated heterocycles. The molecule has 1 aromatic carbocycles. The minimum Gasteiger partial charge on any atom is -0.494 e. The molecule has 20 heavy (non-hydrogen) atoms. The molecule has 1 heterocycles. The van der Waals surface area contributed by atoms with E-state index in [2.05, 4.69) is 12.2 Å². The maximum absolute atomic E-state index is 12.7. The fraction of sp³-hybridized carbons (Fsp3) is 0.533. The maximum atomic E-state index is 12.7. The van der Waals surface area contributed by atoms with Crippen LogP contribution >= 0.6 is 0 Å². The van der Waals surface area contributed by atoms with Crippen molar-refractivity contribution < 1.29 is 18.7 Å². The second kappa shape index (κ2) is 6.70.